The van der Waals surface area contributed by atoms with E-state index < -0.39 is 65.8 Å². The van der Waals surface area contributed by atoms with E-state index in [9.17, 15) is 34.1 Å². The minimum atomic E-state index is -1.69. The van der Waals surface area contributed by atoms with Crippen LogP contribution in [0.15, 0.2) is 12.3 Å². The number of carbonyl (C=O) groups is 5. The second kappa shape index (κ2) is 12.9. The number of rotatable bonds is 11. The van der Waals surface area contributed by atoms with Gasteiger partial charge in [-0.05, 0) is 0 Å². The Hall–Kier alpha value is -3.51. The third kappa shape index (κ3) is 11.4. The minimum Gasteiger partial charge on any atom is -0.462 e. The molecule has 0 aromatic rings. The zero-order chi connectivity index (χ0) is 23.4. The topological polar surface area (TPSA) is 175 Å². The highest BCUT2D eigenvalue weighted by Crippen LogP contribution is 2.21. The van der Waals surface area contributed by atoms with Crippen molar-refractivity contribution in [3.63, 3.8) is 0 Å². The lowest BCUT2D eigenvalue weighted by Gasteiger charge is -2.34. The molecule has 13 nitrogen and oxygen atoms in total. The van der Waals surface area contributed by atoms with Crippen molar-refractivity contribution in [3.05, 3.63) is 22.4 Å². The fourth-order valence-electron chi connectivity index (χ4n) is 2.23. The second-order valence-electron chi connectivity index (χ2n) is 5.80. The third-order valence-electron chi connectivity index (χ3n) is 3.09. The summed E-state index contributed by atoms with van der Waals surface area (Å²) in [5, 5.41) is 10.7. The van der Waals surface area contributed by atoms with Gasteiger partial charge in [-0.15, -0.1) is 0 Å². The van der Waals surface area contributed by atoms with Crippen molar-refractivity contribution in [2.24, 2.45) is 0 Å². The van der Waals surface area contributed by atoms with Gasteiger partial charge in [-0.3, -0.25) is 34.1 Å². The first-order valence-electron chi connectivity index (χ1n) is 8.47. The summed E-state index contributed by atoms with van der Waals surface area (Å²) >= 11 is 0. The van der Waals surface area contributed by atoms with Crippen molar-refractivity contribution >= 4 is 29.8 Å². The van der Waals surface area contributed by atoms with Crippen LogP contribution in [0.3, 0.4) is 0 Å². The van der Waals surface area contributed by atoms with Gasteiger partial charge < -0.3 is 23.7 Å². The Bertz CT molecular complexity index is 701. The van der Waals surface area contributed by atoms with E-state index in [0.29, 0.717) is 6.20 Å². The Labute approximate surface area is 171 Å². The van der Waals surface area contributed by atoms with Crippen molar-refractivity contribution in [3.8, 4) is 0 Å². The summed E-state index contributed by atoms with van der Waals surface area (Å²) in [6.07, 6.45) is -5.26. The molecule has 0 unspecified atom stereocenters. The molecular weight excluding hydrogens is 410 g/mol. The molecule has 0 fully saturated rings. The van der Waals surface area contributed by atoms with Gasteiger partial charge in [0.1, 0.15) is 6.61 Å². The van der Waals surface area contributed by atoms with Crippen LogP contribution in [0.4, 0.5) is 0 Å². The Balaban J connectivity index is 6.33. The zero-order valence-electron chi connectivity index (χ0n) is 17.0. The Morgan fingerprint density at radius 2 is 1.23 bits per heavy atom. The van der Waals surface area contributed by atoms with Crippen molar-refractivity contribution in [1.82, 2.24) is 0 Å². The smallest absolute Gasteiger partial charge is 0.303 e. The number of esters is 5. The molecule has 0 aromatic heterocycles. The van der Waals surface area contributed by atoms with Crippen LogP contribution in [0.2, 0.25) is 0 Å². The standard InChI is InChI=1S/C17H23NO12/c1-9(19)26-8-15(28-11(3)21)17(30-13(5)23)16(29-12(4)22)14(27-10(2)20)6-7-18(24)25/h6-7,14-17H,8H2,1-5H3/b7-6+/t14-,15-,16-,17+/m1/s1. The number of nitro groups is 1. The molecule has 0 N–H and O–H groups in total. The lowest BCUT2D eigenvalue weighted by Crippen LogP contribution is -2.52. The SMILES string of the molecule is CC(=O)OC[C@@H](OC(C)=O)[C@H](OC(C)=O)[C@H](OC(C)=O)[C@@H](/C=C/[N+](=O)[O-])OC(C)=O. The molecule has 4 atom stereocenters. The molecule has 0 bridgehead atoms. The summed E-state index contributed by atoms with van der Waals surface area (Å²) in [6.45, 7) is 4.42. The first-order chi connectivity index (χ1) is 13.8. The molecule has 0 saturated heterocycles. The number of nitrogens with zero attached hydrogens (tertiary/aromatic N) is 1. The first-order valence-corrected chi connectivity index (χ1v) is 8.47. The average molecular weight is 433 g/mol. The van der Waals surface area contributed by atoms with E-state index in [-0.39, 0.29) is 0 Å². The quantitative estimate of drug-likeness (QED) is 0.186. The van der Waals surface area contributed by atoms with Gasteiger partial charge in [-0.1, -0.05) is 0 Å². The number of hydrogen-bond acceptors (Lipinski definition) is 12. The summed E-state index contributed by atoms with van der Waals surface area (Å²) in [5.41, 5.74) is 0. The average Bonchev–Trinajstić information content (AvgIpc) is 2.57. The van der Waals surface area contributed by atoms with E-state index in [1.807, 2.05) is 0 Å². The van der Waals surface area contributed by atoms with Gasteiger partial charge in [0.05, 0.1) is 4.92 Å². The lowest BCUT2D eigenvalue weighted by atomic mass is 10.0. The molecule has 0 aliphatic heterocycles. The molecule has 0 radical (unpaired) electrons. The van der Waals surface area contributed by atoms with E-state index in [2.05, 4.69) is 0 Å². The number of hydrogen-bond donors (Lipinski definition) is 0. The molecular formula is C17H23NO12. The van der Waals surface area contributed by atoms with Crippen LogP contribution in [-0.2, 0) is 47.7 Å². The Kier molecular flexibility index (Phi) is 11.3. The molecule has 0 heterocycles. The molecule has 0 aromatic carbocycles. The van der Waals surface area contributed by atoms with Crippen LogP contribution in [-0.4, -0.2) is 65.8 Å². The molecule has 30 heavy (non-hydrogen) atoms. The van der Waals surface area contributed by atoms with E-state index in [1.54, 1.807) is 0 Å². The van der Waals surface area contributed by atoms with Crippen molar-refractivity contribution in [2.45, 2.75) is 59.0 Å². The Morgan fingerprint density at radius 1 is 0.767 bits per heavy atom. The third-order valence-corrected chi connectivity index (χ3v) is 3.09. The van der Waals surface area contributed by atoms with Crippen LogP contribution in [0.1, 0.15) is 34.6 Å². The van der Waals surface area contributed by atoms with Crippen LogP contribution >= 0.6 is 0 Å². The highest BCUT2D eigenvalue weighted by atomic mass is 16.6. The highest BCUT2D eigenvalue weighted by molar-refractivity contribution is 5.69. The zero-order valence-corrected chi connectivity index (χ0v) is 17.0. The van der Waals surface area contributed by atoms with E-state index >= 15 is 0 Å². The molecule has 0 aliphatic carbocycles. The van der Waals surface area contributed by atoms with E-state index in [0.717, 1.165) is 40.7 Å². The molecule has 168 valence electrons. The monoisotopic (exact) mass is 433 g/mol. The summed E-state index contributed by atoms with van der Waals surface area (Å²) in [7, 11) is 0. The summed E-state index contributed by atoms with van der Waals surface area (Å²) in [6, 6.07) is 0. The van der Waals surface area contributed by atoms with Gasteiger partial charge >= 0.3 is 29.8 Å². The van der Waals surface area contributed by atoms with Crippen molar-refractivity contribution < 1.29 is 52.6 Å². The predicted molar refractivity (Wildman–Crippen MR) is 95.0 cm³/mol. The highest BCUT2D eigenvalue weighted by Gasteiger charge is 2.43. The maximum Gasteiger partial charge on any atom is 0.303 e. The normalized spacial score (nSPS) is 14.6. The van der Waals surface area contributed by atoms with Gasteiger partial charge in [-0.2, -0.15) is 0 Å². The molecule has 0 amide bonds. The number of ether oxygens (including phenoxy) is 5. The maximum absolute atomic E-state index is 11.6. The molecule has 0 aliphatic rings. The minimum absolute atomic E-state index is 0.418. The second-order valence-corrected chi connectivity index (χ2v) is 5.80. The predicted octanol–water partition coefficient (Wildman–Crippen LogP) is 0.0667. The van der Waals surface area contributed by atoms with Crippen LogP contribution in [0, 0.1) is 10.1 Å². The molecule has 13 heteroatoms. The van der Waals surface area contributed by atoms with E-state index in [1.165, 1.54) is 0 Å². The lowest BCUT2D eigenvalue weighted by molar-refractivity contribution is -0.403. The van der Waals surface area contributed by atoms with Gasteiger partial charge in [0.2, 0.25) is 6.20 Å². The van der Waals surface area contributed by atoms with Gasteiger partial charge in [0.15, 0.2) is 24.4 Å². The molecule has 0 rings (SSSR count). The fraction of sp³-hybridized carbons (Fsp3) is 0.588. The van der Waals surface area contributed by atoms with Gasteiger partial charge in [0, 0.05) is 40.7 Å². The maximum atomic E-state index is 11.6. The van der Waals surface area contributed by atoms with Crippen molar-refractivity contribution in [2.75, 3.05) is 6.61 Å². The van der Waals surface area contributed by atoms with Crippen LogP contribution in [0.5, 0.6) is 0 Å². The largest absolute Gasteiger partial charge is 0.462 e. The van der Waals surface area contributed by atoms with Crippen LogP contribution < -0.4 is 0 Å². The molecule has 0 spiro atoms. The first kappa shape index (κ1) is 26.5. The van der Waals surface area contributed by atoms with Crippen LogP contribution in [0.25, 0.3) is 0 Å². The summed E-state index contributed by atoms with van der Waals surface area (Å²) < 4.78 is 25.0. The molecule has 0 saturated carbocycles. The summed E-state index contributed by atoms with van der Waals surface area (Å²) in [5.74, 6) is -4.39. The Morgan fingerprint density at radius 3 is 1.63 bits per heavy atom. The van der Waals surface area contributed by atoms with E-state index in [4.69, 9.17) is 23.7 Å². The van der Waals surface area contributed by atoms with Gasteiger partial charge in [-0.25, -0.2) is 0 Å². The van der Waals surface area contributed by atoms with Crippen molar-refractivity contribution in [1.29, 1.82) is 0 Å². The van der Waals surface area contributed by atoms with Gasteiger partial charge in [0.25, 0.3) is 0 Å². The number of carbonyl (C=O) groups excluding carboxylic acids is 5. The summed E-state index contributed by atoms with van der Waals surface area (Å²) in [4.78, 5) is 67.2. The fourth-order valence-corrected chi connectivity index (χ4v) is 2.23.